The Morgan fingerprint density at radius 3 is 2.52 bits per heavy atom. The van der Waals surface area contributed by atoms with Crippen LogP contribution in [0.15, 0.2) is 29.1 Å². The van der Waals surface area contributed by atoms with Crippen molar-refractivity contribution in [1.29, 1.82) is 0 Å². The van der Waals surface area contributed by atoms with E-state index >= 15 is 0 Å². The highest BCUT2D eigenvalue weighted by Gasteiger charge is 2.47. The summed E-state index contributed by atoms with van der Waals surface area (Å²) in [5.74, 6) is -1.32. The van der Waals surface area contributed by atoms with E-state index in [-0.39, 0.29) is 24.4 Å². The number of anilines is 1. The average Bonchev–Trinajstić information content (AvgIpc) is 3.27. The van der Waals surface area contributed by atoms with Gasteiger partial charge < -0.3 is 24.6 Å². The molecule has 1 aliphatic carbocycles. The third-order valence-corrected chi connectivity index (χ3v) is 7.65. The topological polar surface area (TPSA) is 106 Å². The van der Waals surface area contributed by atoms with Crippen LogP contribution in [0, 0.1) is 11.6 Å². The first kappa shape index (κ1) is 27.9. The first-order chi connectivity index (χ1) is 18.9. The van der Waals surface area contributed by atoms with E-state index in [0.717, 1.165) is 31.4 Å². The van der Waals surface area contributed by atoms with Crippen LogP contribution in [0.2, 0.25) is 0 Å². The molecule has 2 amide bonds. The first-order valence-corrected chi connectivity index (χ1v) is 13.7. The van der Waals surface area contributed by atoms with Gasteiger partial charge in [0.05, 0.1) is 12.6 Å². The van der Waals surface area contributed by atoms with E-state index in [1.165, 1.54) is 6.07 Å². The van der Waals surface area contributed by atoms with Gasteiger partial charge in [-0.05, 0) is 51.3 Å². The van der Waals surface area contributed by atoms with Gasteiger partial charge in [0, 0.05) is 25.7 Å². The smallest absolute Gasteiger partial charge is 0.408 e. The van der Waals surface area contributed by atoms with Crippen LogP contribution >= 0.6 is 0 Å². The summed E-state index contributed by atoms with van der Waals surface area (Å²) in [4.78, 5) is 47.3. The van der Waals surface area contributed by atoms with Crippen LogP contribution < -0.4 is 20.6 Å². The number of hydrogen-bond donors (Lipinski definition) is 1. The highest BCUT2D eigenvalue weighted by Crippen LogP contribution is 2.34. The molecule has 1 N–H and O–H groups in total. The Hall–Kier alpha value is -3.70. The molecule has 2 aliphatic heterocycles. The molecule has 3 aliphatic rings. The summed E-state index contributed by atoms with van der Waals surface area (Å²) < 4.78 is 39.4. The summed E-state index contributed by atoms with van der Waals surface area (Å²) in [5.41, 5.74) is -1.76. The van der Waals surface area contributed by atoms with Crippen LogP contribution in [0.1, 0.15) is 58.4 Å². The molecule has 12 heteroatoms. The van der Waals surface area contributed by atoms with Gasteiger partial charge in [0.25, 0.3) is 0 Å². The van der Waals surface area contributed by atoms with Gasteiger partial charge in [-0.2, -0.15) is 4.98 Å². The van der Waals surface area contributed by atoms with Crippen LogP contribution in [0.4, 0.5) is 19.4 Å². The van der Waals surface area contributed by atoms with E-state index in [0.29, 0.717) is 50.4 Å². The van der Waals surface area contributed by atoms with Crippen LogP contribution in [-0.4, -0.2) is 63.3 Å². The quantitative estimate of drug-likeness (QED) is 0.599. The van der Waals surface area contributed by atoms with E-state index in [2.05, 4.69) is 15.2 Å². The van der Waals surface area contributed by atoms with Gasteiger partial charge in [-0.15, -0.1) is 0 Å². The van der Waals surface area contributed by atoms with Gasteiger partial charge in [0.15, 0.2) is 11.6 Å². The Balaban J connectivity index is 1.28. The van der Waals surface area contributed by atoms with Crippen molar-refractivity contribution >= 4 is 17.8 Å². The fourth-order valence-corrected chi connectivity index (χ4v) is 5.80. The second kappa shape index (κ2) is 10.7. The number of ether oxygens (including phenoxy) is 2. The second-order valence-electron chi connectivity index (χ2n) is 11.8. The molecule has 2 fully saturated rings. The number of aromatic nitrogens is 2. The summed E-state index contributed by atoms with van der Waals surface area (Å²) in [7, 11) is 0. The molecular formula is C28H35F2N5O5. The minimum Gasteiger partial charge on any atom is -0.473 e. The van der Waals surface area contributed by atoms with Crippen molar-refractivity contribution in [3.05, 3.63) is 51.9 Å². The molecule has 10 nitrogen and oxygen atoms in total. The molecule has 1 unspecified atom stereocenters. The molecule has 40 heavy (non-hydrogen) atoms. The standard InChI is InChI=1S/C28H35F2N5O5/c1-27(2,3)40-26(38)32-28(9-5-4-6-10-28)24(36)33-11-12-34-19(15-33)16-35-23(34)14-22(31-25(35)37)39-17-18-7-8-20(29)21(30)13-18/h7-8,13-14,19H,4-6,9-12,15-17H2,1-3H3,(H,32,38). The van der Waals surface area contributed by atoms with Gasteiger partial charge in [-0.3, -0.25) is 9.36 Å². The third-order valence-electron chi connectivity index (χ3n) is 7.65. The fraction of sp³-hybridized carbons (Fsp3) is 0.571. The lowest BCUT2D eigenvalue weighted by Gasteiger charge is -2.44. The van der Waals surface area contributed by atoms with Gasteiger partial charge in [-0.25, -0.2) is 18.4 Å². The lowest BCUT2D eigenvalue weighted by molar-refractivity contribution is -0.140. The average molecular weight is 560 g/mol. The van der Waals surface area contributed by atoms with Crippen molar-refractivity contribution in [1.82, 2.24) is 19.8 Å². The molecule has 216 valence electrons. The number of nitrogens with one attached hydrogen (secondary N) is 1. The Labute approximate surface area is 231 Å². The molecule has 1 saturated heterocycles. The van der Waals surface area contributed by atoms with Crippen molar-refractivity contribution in [3.8, 4) is 5.88 Å². The minimum atomic E-state index is -1.01. The normalized spacial score (nSPS) is 20.0. The maximum absolute atomic E-state index is 13.9. The number of benzene rings is 1. The highest BCUT2D eigenvalue weighted by molar-refractivity contribution is 5.90. The van der Waals surface area contributed by atoms with E-state index < -0.39 is 34.6 Å². The van der Waals surface area contributed by atoms with E-state index in [4.69, 9.17) is 9.47 Å². The molecule has 0 spiro atoms. The van der Waals surface area contributed by atoms with Crippen LogP contribution in [0.5, 0.6) is 5.88 Å². The maximum Gasteiger partial charge on any atom is 0.408 e. The molecule has 2 aromatic rings. The van der Waals surface area contributed by atoms with Gasteiger partial charge in [0.2, 0.25) is 11.8 Å². The van der Waals surface area contributed by atoms with E-state index in [1.54, 1.807) is 36.3 Å². The monoisotopic (exact) mass is 559 g/mol. The zero-order chi connectivity index (χ0) is 28.7. The van der Waals surface area contributed by atoms with Crippen molar-refractivity contribution in [3.63, 3.8) is 0 Å². The number of fused-ring (bicyclic) bond motifs is 3. The molecular weight excluding hydrogens is 524 g/mol. The highest BCUT2D eigenvalue weighted by atomic mass is 19.2. The number of nitrogens with zero attached hydrogens (tertiary/aromatic N) is 4. The van der Waals surface area contributed by atoms with Crippen molar-refractivity contribution in [2.75, 3.05) is 24.5 Å². The number of hydrogen-bond acceptors (Lipinski definition) is 7. The zero-order valence-electron chi connectivity index (χ0n) is 23.0. The number of amides is 2. The lowest BCUT2D eigenvalue weighted by atomic mass is 9.80. The number of rotatable bonds is 5. The van der Waals surface area contributed by atoms with Crippen molar-refractivity contribution in [2.45, 2.75) is 83.2 Å². The summed E-state index contributed by atoms with van der Waals surface area (Å²) in [6.45, 7) is 6.95. The Morgan fingerprint density at radius 2 is 1.82 bits per heavy atom. The molecule has 0 radical (unpaired) electrons. The molecule has 1 saturated carbocycles. The van der Waals surface area contributed by atoms with E-state index in [1.807, 2.05) is 0 Å². The predicted molar refractivity (Wildman–Crippen MR) is 142 cm³/mol. The molecule has 5 rings (SSSR count). The largest absolute Gasteiger partial charge is 0.473 e. The van der Waals surface area contributed by atoms with E-state index in [9.17, 15) is 23.2 Å². The van der Waals surface area contributed by atoms with Crippen LogP contribution in [0.3, 0.4) is 0 Å². The summed E-state index contributed by atoms with van der Waals surface area (Å²) >= 11 is 0. The Bertz CT molecular complexity index is 1350. The molecule has 1 aromatic heterocycles. The molecule has 1 aromatic carbocycles. The number of carbonyl (C=O) groups excluding carboxylic acids is 2. The number of piperazine rings is 1. The van der Waals surface area contributed by atoms with Gasteiger partial charge >= 0.3 is 11.8 Å². The molecule has 0 bridgehead atoms. The Morgan fingerprint density at radius 1 is 1.07 bits per heavy atom. The lowest BCUT2D eigenvalue weighted by Crippen LogP contribution is -2.64. The third kappa shape index (κ3) is 5.75. The van der Waals surface area contributed by atoms with Crippen molar-refractivity contribution in [2.24, 2.45) is 0 Å². The fourth-order valence-electron chi connectivity index (χ4n) is 5.80. The summed E-state index contributed by atoms with van der Waals surface area (Å²) in [6.07, 6.45) is 3.20. The molecule has 1 atom stereocenters. The predicted octanol–water partition coefficient (Wildman–Crippen LogP) is 3.36. The molecule has 3 heterocycles. The zero-order valence-corrected chi connectivity index (χ0v) is 23.0. The van der Waals surface area contributed by atoms with Crippen LogP contribution in [-0.2, 0) is 22.7 Å². The SMILES string of the molecule is CC(C)(C)OC(=O)NC1(C(=O)N2CCN3c4cc(OCc5ccc(F)c(F)c5)nc(=O)n4CC3C2)CCCCC1. The van der Waals surface area contributed by atoms with Gasteiger partial charge in [0.1, 0.15) is 23.6 Å². The summed E-state index contributed by atoms with van der Waals surface area (Å²) in [6, 6.07) is 4.98. The maximum atomic E-state index is 13.9. The van der Waals surface area contributed by atoms with Crippen LogP contribution in [0.25, 0.3) is 0 Å². The summed E-state index contributed by atoms with van der Waals surface area (Å²) in [5, 5.41) is 2.92. The van der Waals surface area contributed by atoms with Gasteiger partial charge in [-0.1, -0.05) is 25.3 Å². The van der Waals surface area contributed by atoms with Crippen molar-refractivity contribution < 1.29 is 27.8 Å². The second-order valence-corrected chi connectivity index (χ2v) is 11.8. The number of alkyl carbamates (subject to hydrolysis) is 1. The first-order valence-electron chi connectivity index (χ1n) is 13.7. The number of carbonyl (C=O) groups is 2. The minimum absolute atomic E-state index is 0.0778. The Kier molecular flexibility index (Phi) is 7.45. The number of halogens is 2.